The number of nitrogens with zero attached hydrogens (tertiary/aromatic N) is 1. The topological polar surface area (TPSA) is 42.0 Å². The molecule has 0 aliphatic carbocycles. The molecule has 16 heavy (non-hydrogen) atoms. The molecule has 1 heterocycles. The van der Waals surface area contributed by atoms with Gasteiger partial charge < -0.3 is 5.32 Å². The van der Waals surface area contributed by atoms with Gasteiger partial charge >= 0.3 is 18.3 Å². The van der Waals surface area contributed by atoms with Gasteiger partial charge in [-0.25, -0.2) is 13.8 Å². The molecule has 1 aromatic heterocycles. The molecule has 0 fully saturated rings. The van der Waals surface area contributed by atoms with Crippen LogP contribution in [0.15, 0.2) is 22.9 Å². The summed E-state index contributed by atoms with van der Waals surface area (Å²) in [5.41, 5.74) is -0.104. The molecule has 0 saturated heterocycles. The Hall–Kier alpha value is -1.18. The summed E-state index contributed by atoms with van der Waals surface area (Å²) in [6, 6.07) is 2.61. The molecule has 88 valence electrons. The summed E-state index contributed by atoms with van der Waals surface area (Å²) in [7, 11) is 0. The molecule has 0 unspecified atom stereocenters. The van der Waals surface area contributed by atoms with Crippen molar-refractivity contribution in [1.82, 2.24) is 4.98 Å². The van der Waals surface area contributed by atoms with Crippen LogP contribution >= 0.6 is 15.9 Å². The van der Waals surface area contributed by atoms with Crippen molar-refractivity contribution >= 4 is 27.5 Å². The van der Waals surface area contributed by atoms with Gasteiger partial charge in [-0.3, -0.25) is 4.79 Å². The SMILES string of the molecule is O=C(Nc1cccnc1Br)C(F)(F)C(F)F. The molecule has 0 aromatic carbocycles. The average molecular weight is 301 g/mol. The molecular formula is C8H5BrF4N2O. The van der Waals surface area contributed by atoms with Crippen LogP contribution in [-0.4, -0.2) is 23.2 Å². The van der Waals surface area contributed by atoms with Gasteiger partial charge in [0.15, 0.2) is 0 Å². The van der Waals surface area contributed by atoms with Crippen molar-refractivity contribution in [1.29, 1.82) is 0 Å². The van der Waals surface area contributed by atoms with Crippen LogP contribution in [0.4, 0.5) is 23.2 Å². The van der Waals surface area contributed by atoms with Crippen molar-refractivity contribution in [2.24, 2.45) is 0 Å². The lowest BCUT2D eigenvalue weighted by atomic mass is 10.3. The Morgan fingerprint density at radius 1 is 1.50 bits per heavy atom. The van der Waals surface area contributed by atoms with Crippen molar-refractivity contribution in [2.75, 3.05) is 5.32 Å². The first-order valence-corrected chi connectivity index (χ1v) is 4.73. The number of aromatic nitrogens is 1. The number of alkyl halides is 4. The van der Waals surface area contributed by atoms with Crippen molar-refractivity contribution in [2.45, 2.75) is 12.3 Å². The second-order valence-corrected chi connectivity index (χ2v) is 3.47. The van der Waals surface area contributed by atoms with E-state index < -0.39 is 18.3 Å². The highest BCUT2D eigenvalue weighted by Gasteiger charge is 2.49. The third kappa shape index (κ3) is 2.69. The molecule has 0 saturated carbocycles. The van der Waals surface area contributed by atoms with Gasteiger partial charge in [-0.05, 0) is 28.1 Å². The molecule has 1 N–H and O–H groups in total. The Bertz CT molecular complexity index is 399. The zero-order valence-corrected chi connectivity index (χ0v) is 9.14. The number of hydrogen-bond acceptors (Lipinski definition) is 2. The van der Waals surface area contributed by atoms with E-state index in [1.54, 1.807) is 5.32 Å². The molecule has 8 heteroatoms. The third-order valence-corrected chi connectivity index (χ3v) is 2.22. The van der Waals surface area contributed by atoms with Gasteiger partial charge in [0.25, 0.3) is 0 Å². The van der Waals surface area contributed by atoms with E-state index in [2.05, 4.69) is 20.9 Å². The number of nitrogens with one attached hydrogen (secondary N) is 1. The van der Waals surface area contributed by atoms with E-state index in [9.17, 15) is 22.4 Å². The van der Waals surface area contributed by atoms with Crippen molar-refractivity contribution in [3.8, 4) is 0 Å². The standard InChI is InChI=1S/C8H5BrF4N2O/c9-5-4(2-1-3-14-5)15-7(16)8(12,13)6(10)11/h1-3,6H,(H,15,16). The maximum absolute atomic E-state index is 12.6. The summed E-state index contributed by atoms with van der Waals surface area (Å²) in [6.07, 6.45) is -2.71. The molecule has 0 bridgehead atoms. The van der Waals surface area contributed by atoms with Crippen LogP contribution < -0.4 is 5.32 Å². The lowest BCUT2D eigenvalue weighted by molar-refractivity contribution is -0.163. The van der Waals surface area contributed by atoms with Gasteiger partial charge in [-0.1, -0.05) is 0 Å². The summed E-state index contributed by atoms with van der Waals surface area (Å²) >= 11 is 2.87. The number of pyridine rings is 1. The van der Waals surface area contributed by atoms with Crippen LogP contribution in [0.3, 0.4) is 0 Å². The molecule has 0 aliphatic rings. The van der Waals surface area contributed by atoms with Crippen LogP contribution in [0, 0.1) is 0 Å². The average Bonchev–Trinajstić information content (AvgIpc) is 2.21. The van der Waals surface area contributed by atoms with E-state index in [0.29, 0.717) is 0 Å². The first-order chi connectivity index (χ1) is 7.35. The molecule has 1 amide bonds. The fraction of sp³-hybridized carbons (Fsp3) is 0.250. The molecular weight excluding hydrogens is 296 g/mol. The van der Waals surface area contributed by atoms with Gasteiger partial charge in [0.05, 0.1) is 5.69 Å². The van der Waals surface area contributed by atoms with Crippen LogP contribution in [0.1, 0.15) is 0 Å². The quantitative estimate of drug-likeness (QED) is 0.689. The second kappa shape index (κ2) is 4.77. The Labute approximate surface area is 96.0 Å². The Morgan fingerprint density at radius 2 is 2.12 bits per heavy atom. The smallest absolute Gasteiger partial charge is 0.318 e. The fourth-order valence-corrected chi connectivity index (χ4v) is 1.13. The normalized spacial score (nSPS) is 11.6. The minimum absolute atomic E-state index is 0.0772. The third-order valence-electron chi connectivity index (χ3n) is 1.58. The number of rotatable bonds is 3. The number of carbonyl (C=O) groups excluding carboxylic acids is 1. The Morgan fingerprint density at radius 3 is 2.62 bits per heavy atom. The molecule has 1 aromatic rings. The maximum atomic E-state index is 12.6. The van der Waals surface area contributed by atoms with E-state index in [1.165, 1.54) is 18.3 Å². The highest BCUT2D eigenvalue weighted by Crippen LogP contribution is 2.26. The van der Waals surface area contributed by atoms with E-state index in [4.69, 9.17) is 0 Å². The highest BCUT2D eigenvalue weighted by molar-refractivity contribution is 9.10. The van der Waals surface area contributed by atoms with Crippen LogP contribution in [0.5, 0.6) is 0 Å². The van der Waals surface area contributed by atoms with Gasteiger partial charge in [0, 0.05) is 6.20 Å². The van der Waals surface area contributed by atoms with Crippen molar-refractivity contribution in [3.63, 3.8) is 0 Å². The molecule has 3 nitrogen and oxygen atoms in total. The van der Waals surface area contributed by atoms with Gasteiger partial charge in [0.2, 0.25) is 0 Å². The van der Waals surface area contributed by atoms with Gasteiger partial charge in [-0.2, -0.15) is 8.78 Å². The fourth-order valence-electron chi connectivity index (χ4n) is 0.784. The van der Waals surface area contributed by atoms with Gasteiger partial charge in [-0.15, -0.1) is 0 Å². The number of amides is 1. The Balaban J connectivity index is 2.84. The lowest BCUT2D eigenvalue weighted by Gasteiger charge is -2.14. The van der Waals surface area contributed by atoms with E-state index >= 15 is 0 Å². The first-order valence-electron chi connectivity index (χ1n) is 3.93. The molecule has 0 spiro atoms. The summed E-state index contributed by atoms with van der Waals surface area (Å²) in [4.78, 5) is 14.5. The highest BCUT2D eigenvalue weighted by atomic mass is 79.9. The molecule has 0 aliphatic heterocycles. The van der Waals surface area contributed by atoms with Crippen LogP contribution in [0.2, 0.25) is 0 Å². The minimum Gasteiger partial charge on any atom is -0.318 e. The van der Waals surface area contributed by atoms with Crippen LogP contribution in [0.25, 0.3) is 0 Å². The van der Waals surface area contributed by atoms with Crippen molar-refractivity contribution in [3.05, 3.63) is 22.9 Å². The summed E-state index contributed by atoms with van der Waals surface area (Å²) < 4.78 is 48.9. The maximum Gasteiger partial charge on any atom is 0.383 e. The molecule has 0 radical (unpaired) electrons. The van der Waals surface area contributed by atoms with E-state index in [-0.39, 0.29) is 10.3 Å². The van der Waals surface area contributed by atoms with Crippen molar-refractivity contribution < 1.29 is 22.4 Å². The summed E-state index contributed by atoms with van der Waals surface area (Å²) in [5.74, 6) is -6.80. The zero-order chi connectivity index (χ0) is 12.3. The monoisotopic (exact) mass is 300 g/mol. The largest absolute Gasteiger partial charge is 0.383 e. The first kappa shape index (κ1) is 12.9. The summed E-state index contributed by atoms with van der Waals surface area (Å²) in [6.45, 7) is 0. The molecule has 0 atom stereocenters. The number of halogens is 5. The number of hydrogen-bond donors (Lipinski definition) is 1. The number of carbonyl (C=O) groups is 1. The number of anilines is 1. The zero-order valence-electron chi connectivity index (χ0n) is 7.55. The predicted molar refractivity (Wildman–Crippen MR) is 51.5 cm³/mol. The predicted octanol–water partition coefficient (Wildman–Crippen LogP) is 2.68. The van der Waals surface area contributed by atoms with E-state index in [1.807, 2.05) is 0 Å². The van der Waals surface area contributed by atoms with E-state index in [0.717, 1.165) is 0 Å². The Kier molecular flexibility index (Phi) is 3.84. The van der Waals surface area contributed by atoms with Crippen LogP contribution in [-0.2, 0) is 4.79 Å². The second-order valence-electron chi connectivity index (χ2n) is 2.72. The minimum atomic E-state index is -4.73. The molecule has 1 rings (SSSR count). The van der Waals surface area contributed by atoms with Gasteiger partial charge in [0.1, 0.15) is 4.60 Å². The lowest BCUT2D eigenvalue weighted by Crippen LogP contribution is -2.41. The summed E-state index contributed by atoms with van der Waals surface area (Å²) in [5, 5.41) is 1.65.